The summed E-state index contributed by atoms with van der Waals surface area (Å²) in [5, 5.41) is 2.20. The van der Waals surface area contributed by atoms with Crippen molar-refractivity contribution in [3.63, 3.8) is 0 Å². The van der Waals surface area contributed by atoms with E-state index in [1.165, 1.54) is 27.8 Å². The van der Waals surface area contributed by atoms with Gasteiger partial charge in [-0.25, -0.2) is 9.55 Å². The Kier molecular flexibility index (Phi) is 3.57. The molecule has 0 saturated heterocycles. The van der Waals surface area contributed by atoms with Crippen molar-refractivity contribution in [3.8, 4) is 22.4 Å². The third-order valence-electron chi connectivity index (χ3n) is 6.86. The van der Waals surface area contributed by atoms with Gasteiger partial charge in [0.2, 0.25) is 11.4 Å². The highest BCUT2D eigenvalue weighted by Gasteiger charge is 2.37. The Morgan fingerprint density at radius 1 is 0.903 bits per heavy atom. The topological polar surface area (TPSA) is 29.9 Å². The number of pyridine rings is 2. The van der Waals surface area contributed by atoms with Gasteiger partial charge in [0.25, 0.3) is 0 Å². The van der Waals surface area contributed by atoms with Gasteiger partial charge in [0.1, 0.15) is 7.05 Å². The van der Waals surface area contributed by atoms with Gasteiger partial charge in [-0.3, -0.25) is 0 Å². The highest BCUT2D eigenvalue weighted by molar-refractivity contribution is 6.10. The Morgan fingerprint density at radius 3 is 2.52 bits per heavy atom. The molecular weight excluding hydrogens is 380 g/mol. The van der Waals surface area contributed by atoms with Crippen LogP contribution in [0.25, 0.3) is 44.5 Å². The van der Waals surface area contributed by atoms with E-state index in [9.17, 15) is 0 Å². The molecule has 3 heteroatoms. The summed E-state index contributed by atoms with van der Waals surface area (Å²) in [6.45, 7) is 8.76. The van der Waals surface area contributed by atoms with Crippen LogP contribution in [0.4, 0.5) is 0 Å². The molecule has 0 spiro atoms. The number of aromatic nitrogens is 2. The standard InChI is InChI=1S/C28H25N2O/c1-16-10-13-23(30(5)15-16)24-17(2)11-12-19-21-14-20-18-8-6-7-9-22(18)28(3,4)26(20)29-27(21)31-25(19)24/h6-15H,1-5H3/q+1. The summed E-state index contributed by atoms with van der Waals surface area (Å²) in [6.07, 6.45) is 2.16. The Morgan fingerprint density at radius 2 is 1.71 bits per heavy atom. The lowest BCUT2D eigenvalue weighted by Gasteiger charge is -2.19. The van der Waals surface area contributed by atoms with E-state index in [4.69, 9.17) is 9.40 Å². The third kappa shape index (κ3) is 2.40. The zero-order valence-electron chi connectivity index (χ0n) is 18.6. The molecule has 0 unspecified atom stereocenters. The highest BCUT2D eigenvalue weighted by Crippen LogP contribution is 2.49. The molecule has 152 valence electrons. The molecule has 0 atom stereocenters. The van der Waals surface area contributed by atoms with Gasteiger partial charge < -0.3 is 4.42 Å². The van der Waals surface area contributed by atoms with Gasteiger partial charge in [-0.2, -0.15) is 0 Å². The third-order valence-corrected chi connectivity index (χ3v) is 6.86. The lowest BCUT2D eigenvalue weighted by Crippen LogP contribution is -2.31. The number of nitrogens with zero attached hydrogens (tertiary/aromatic N) is 2. The average molecular weight is 406 g/mol. The predicted molar refractivity (Wildman–Crippen MR) is 125 cm³/mol. The summed E-state index contributed by atoms with van der Waals surface area (Å²) >= 11 is 0. The van der Waals surface area contributed by atoms with Gasteiger partial charge in [-0.05, 0) is 42.7 Å². The van der Waals surface area contributed by atoms with Crippen molar-refractivity contribution in [1.82, 2.24) is 4.98 Å². The number of hydrogen-bond acceptors (Lipinski definition) is 2. The van der Waals surface area contributed by atoms with Crippen molar-refractivity contribution in [1.29, 1.82) is 0 Å². The van der Waals surface area contributed by atoms with Crippen LogP contribution < -0.4 is 4.57 Å². The second-order valence-corrected chi connectivity index (χ2v) is 9.35. The van der Waals surface area contributed by atoms with Gasteiger partial charge in [0, 0.05) is 33.4 Å². The maximum atomic E-state index is 6.50. The van der Waals surface area contributed by atoms with Gasteiger partial charge in [-0.15, -0.1) is 0 Å². The molecule has 31 heavy (non-hydrogen) atoms. The fraction of sp³-hybridized carbons (Fsp3) is 0.214. The number of rotatable bonds is 1. The molecule has 3 heterocycles. The molecule has 1 aliphatic carbocycles. The minimum absolute atomic E-state index is 0.138. The number of benzene rings is 2. The van der Waals surface area contributed by atoms with Gasteiger partial charge in [0.15, 0.2) is 11.8 Å². The van der Waals surface area contributed by atoms with Crippen molar-refractivity contribution in [3.05, 3.63) is 83.2 Å². The van der Waals surface area contributed by atoms with Crippen molar-refractivity contribution in [2.24, 2.45) is 7.05 Å². The lowest BCUT2D eigenvalue weighted by atomic mass is 9.85. The van der Waals surface area contributed by atoms with Crippen LogP contribution in [0.5, 0.6) is 0 Å². The fourth-order valence-corrected chi connectivity index (χ4v) is 5.26. The molecule has 5 aromatic rings. The number of furan rings is 1. The Bertz CT molecular complexity index is 1540. The highest BCUT2D eigenvalue weighted by atomic mass is 16.3. The Hall–Kier alpha value is -3.46. The molecule has 0 bridgehead atoms. The molecule has 0 N–H and O–H groups in total. The zero-order chi connectivity index (χ0) is 21.5. The summed E-state index contributed by atoms with van der Waals surface area (Å²) in [4.78, 5) is 5.09. The van der Waals surface area contributed by atoms with Crippen LogP contribution in [0.15, 0.2) is 65.2 Å². The second-order valence-electron chi connectivity index (χ2n) is 9.35. The van der Waals surface area contributed by atoms with Crippen molar-refractivity contribution in [2.45, 2.75) is 33.1 Å². The summed E-state index contributed by atoms with van der Waals surface area (Å²) in [7, 11) is 2.09. The Balaban J connectivity index is 1.69. The largest absolute Gasteiger partial charge is 0.437 e. The van der Waals surface area contributed by atoms with E-state index < -0.39 is 0 Å². The van der Waals surface area contributed by atoms with Crippen molar-refractivity contribution in [2.75, 3.05) is 0 Å². The smallest absolute Gasteiger partial charge is 0.227 e. The number of fused-ring (bicyclic) bond motifs is 6. The maximum Gasteiger partial charge on any atom is 0.227 e. The molecule has 3 aromatic heterocycles. The summed E-state index contributed by atoms with van der Waals surface area (Å²) in [6, 6.07) is 19.6. The second kappa shape index (κ2) is 6.04. The molecule has 0 amide bonds. The molecule has 0 radical (unpaired) electrons. The quantitative estimate of drug-likeness (QED) is 0.302. The molecule has 2 aromatic carbocycles. The van der Waals surface area contributed by atoms with Crippen LogP contribution in [0.2, 0.25) is 0 Å². The Labute approximate surface area is 182 Å². The van der Waals surface area contributed by atoms with E-state index in [-0.39, 0.29) is 5.41 Å². The first-order valence-electron chi connectivity index (χ1n) is 10.8. The van der Waals surface area contributed by atoms with Crippen LogP contribution in [0.3, 0.4) is 0 Å². The zero-order valence-corrected chi connectivity index (χ0v) is 18.6. The first kappa shape index (κ1) is 18.3. The monoisotopic (exact) mass is 405 g/mol. The first-order chi connectivity index (χ1) is 14.9. The number of aryl methyl sites for hydroxylation is 3. The summed E-state index contributed by atoms with van der Waals surface area (Å²) in [5.41, 5.74) is 11.1. The predicted octanol–water partition coefficient (Wildman–Crippen LogP) is 6.40. The molecule has 0 aliphatic heterocycles. The van der Waals surface area contributed by atoms with Crippen molar-refractivity contribution >= 4 is 22.1 Å². The van der Waals surface area contributed by atoms with Crippen LogP contribution in [0, 0.1) is 13.8 Å². The van der Waals surface area contributed by atoms with E-state index >= 15 is 0 Å². The molecule has 1 aliphatic rings. The van der Waals surface area contributed by atoms with Crippen LogP contribution in [-0.2, 0) is 12.5 Å². The average Bonchev–Trinajstić information content (AvgIpc) is 3.21. The first-order valence-corrected chi connectivity index (χ1v) is 10.8. The summed E-state index contributed by atoms with van der Waals surface area (Å²) < 4.78 is 8.67. The molecule has 0 fully saturated rings. The summed E-state index contributed by atoms with van der Waals surface area (Å²) in [5.74, 6) is 0. The van der Waals surface area contributed by atoms with Crippen molar-refractivity contribution < 1.29 is 8.98 Å². The molecule has 3 nitrogen and oxygen atoms in total. The van der Waals surface area contributed by atoms with E-state index in [2.05, 4.69) is 100 Å². The van der Waals surface area contributed by atoms with E-state index in [0.29, 0.717) is 0 Å². The normalized spacial score (nSPS) is 14.2. The molecular formula is C28H25N2O+. The van der Waals surface area contributed by atoms with E-state index in [1.54, 1.807) is 0 Å². The lowest BCUT2D eigenvalue weighted by molar-refractivity contribution is -0.660. The minimum Gasteiger partial charge on any atom is -0.437 e. The van der Waals surface area contributed by atoms with E-state index in [1.807, 2.05) is 0 Å². The maximum absolute atomic E-state index is 6.50. The van der Waals surface area contributed by atoms with Crippen LogP contribution >= 0.6 is 0 Å². The number of hydrogen-bond donors (Lipinski definition) is 0. The van der Waals surface area contributed by atoms with Crippen LogP contribution in [-0.4, -0.2) is 4.98 Å². The van der Waals surface area contributed by atoms with E-state index in [0.717, 1.165) is 39.0 Å². The van der Waals surface area contributed by atoms with Gasteiger partial charge in [0.05, 0.1) is 11.3 Å². The van der Waals surface area contributed by atoms with Gasteiger partial charge >= 0.3 is 0 Å². The fourth-order valence-electron chi connectivity index (χ4n) is 5.26. The molecule has 0 saturated carbocycles. The SMILES string of the molecule is Cc1ccc(-c2c(C)ccc3c2oc2nc4c(cc23)-c2ccccc2C4(C)C)[n+](C)c1. The molecule has 6 rings (SSSR count). The minimum atomic E-state index is -0.138. The van der Waals surface area contributed by atoms with Crippen LogP contribution in [0.1, 0.15) is 36.2 Å². The van der Waals surface area contributed by atoms with Gasteiger partial charge in [-0.1, -0.05) is 50.2 Å².